The first-order chi connectivity index (χ1) is 11.5. The molecule has 2 aromatic carbocycles. The summed E-state index contributed by atoms with van der Waals surface area (Å²) >= 11 is 0. The Balaban J connectivity index is 2.29. The second-order valence-electron chi connectivity index (χ2n) is 6.05. The molecule has 0 atom stereocenters. The number of carboxylic acid groups (broad SMARTS) is 1. The number of aromatic amines is 1. The predicted octanol–water partition coefficient (Wildman–Crippen LogP) is 3.78. The van der Waals surface area contributed by atoms with Gasteiger partial charge in [-0.1, -0.05) is 12.1 Å². The van der Waals surface area contributed by atoms with E-state index in [0.29, 0.717) is 24.1 Å². The van der Waals surface area contributed by atoms with Crippen molar-refractivity contribution >= 4 is 16.9 Å². The van der Waals surface area contributed by atoms with Gasteiger partial charge in [0.2, 0.25) is 0 Å². The third-order valence-electron chi connectivity index (χ3n) is 4.16. The van der Waals surface area contributed by atoms with Gasteiger partial charge in [0, 0.05) is 29.2 Å². The maximum Gasteiger partial charge on any atom is 0.336 e. The van der Waals surface area contributed by atoms with E-state index in [9.17, 15) is 14.3 Å². The van der Waals surface area contributed by atoms with E-state index < -0.39 is 5.97 Å². The van der Waals surface area contributed by atoms with Crippen molar-refractivity contribution in [2.24, 2.45) is 0 Å². The van der Waals surface area contributed by atoms with Crippen LogP contribution in [0.25, 0.3) is 22.0 Å². The number of fused-ring (bicyclic) bond motifs is 1. The predicted molar refractivity (Wildman–Crippen MR) is 92.9 cm³/mol. The number of carboxylic acids is 1. The van der Waals surface area contributed by atoms with Crippen molar-refractivity contribution in [3.05, 3.63) is 59.5 Å². The van der Waals surface area contributed by atoms with Crippen molar-refractivity contribution in [2.45, 2.75) is 6.42 Å². The molecular weight excluding hydrogens is 307 g/mol. The number of nitrogens with one attached hydrogen (secondary N) is 1. The van der Waals surface area contributed by atoms with Crippen LogP contribution in [-0.4, -0.2) is 41.6 Å². The maximum absolute atomic E-state index is 14.5. The van der Waals surface area contributed by atoms with E-state index in [2.05, 4.69) is 4.98 Å². The van der Waals surface area contributed by atoms with Gasteiger partial charge in [0.15, 0.2) is 0 Å². The molecular formula is C19H19FN2O2. The molecule has 2 N–H and O–H groups in total. The van der Waals surface area contributed by atoms with E-state index >= 15 is 0 Å². The SMILES string of the molecule is CN(C)CCc1c(F)ccc(C(=O)O)c1-c1cccc2[nH]ccc12. The number of aromatic carboxylic acids is 1. The highest BCUT2D eigenvalue weighted by molar-refractivity contribution is 6.04. The third-order valence-corrected chi connectivity index (χ3v) is 4.16. The van der Waals surface area contributed by atoms with Gasteiger partial charge in [0.05, 0.1) is 5.56 Å². The molecule has 3 rings (SSSR count). The number of aromatic nitrogens is 1. The topological polar surface area (TPSA) is 56.3 Å². The minimum Gasteiger partial charge on any atom is -0.478 e. The van der Waals surface area contributed by atoms with Crippen molar-refractivity contribution in [3.63, 3.8) is 0 Å². The highest BCUT2D eigenvalue weighted by Gasteiger charge is 2.21. The maximum atomic E-state index is 14.5. The Labute approximate surface area is 139 Å². The largest absolute Gasteiger partial charge is 0.478 e. The third kappa shape index (κ3) is 2.90. The molecule has 0 aliphatic carbocycles. The van der Waals surface area contributed by atoms with Gasteiger partial charge < -0.3 is 15.0 Å². The second kappa shape index (κ2) is 6.45. The Morgan fingerprint density at radius 1 is 1.21 bits per heavy atom. The summed E-state index contributed by atoms with van der Waals surface area (Å²) in [5.74, 6) is -1.42. The fraction of sp³-hybridized carbons (Fsp3) is 0.211. The van der Waals surface area contributed by atoms with Crippen LogP contribution in [0.2, 0.25) is 0 Å². The summed E-state index contributed by atoms with van der Waals surface area (Å²) in [4.78, 5) is 16.8. The van der Waals surface area contributed by atoms with Crippen LogP contribution in [0, 0.1) is 5.82 Å². The van der Waals surface area contributed by atoms with E-state index in [4.69, 9.17) is 0 Å². The van der Waals surface area contributed by atoms with Gasteiger partial charge >= 0.3 is 5.97 Å². The molecule has 0 aliphatic rings. The normalized spacial score (nSPS) is 11.3. The Morgan fingerprint density at radius 2 is 2.00 bits per heavy atom. The van der Waals surface area contributed by atoms with Crippen molar-refractivity contribution < 1.29 is 14.3 Å². The van der Waals surface area contributed by atoms with E-state index in [1.807, 2.05) is 43.3 Å². The number of benzene rings is 2. The molecule has 4 nitrogen and oxygen atoms in total. The lowest BCUT2D eigenvalue weighted by atomic mass is 9.90. The van der Waals surface area contributed by atoms with Crippen molar-refractivity contribution in [3.8, 4) is 11.1 Å². The molecule has 1 aromatic heterocycles. The van der Waals surface area contributed by atoms with Crippen molar-refractivity contribution in [1.29, 1.82) is 0 Å². The molecule has 0 saturated carbocycles. The monoisotopic (exact) mass is 326 g/mol. The molecule has 0 spiro atoms. The fourth-order valence-electron chi connectivity index (χ4n) is 2.99. The Hall–Kier alpha value is -2.66. The first kappa shape index (κ1) is 16.2. The first-order valence-electron chi connectivity index (χ1n) is 7.75. The molecule has 5 heteroatoms. The average molecular weight is 326 g/mol. The van der Waals surface area contributed by atoms with Gasteiger partial charge in [-0.25, -0.2) is 9.18 Å². The fourth-order valence-corrected chi connectivity index (χ4v) is 2.99. The van der Waals surface area contributed by atoms with Gasteiger partial charge in [0.1, 0.15) is 5.82 Å². The molecule has 0 unspecified atom stereocenters. The smallest absolute Gasteiger partial charge is 0.336 e. The number of hydrogen-bond acceptors (Lipinski definition) is 2. The molecule has 3 aromatic rings. The number of nitrogens with zero attached hydrogens (tertiary/aromatic N) is 1. The van der Waals surface area contributed by atoms with Crippen LogP contribution in [-0.2, 0) is 6.42 Å². The van der Waals surface area contributed by atoms with Gasteiger partial charge in [-0.15, -0.1) is 0 Å². The number of hydrogen-bond donors (Lipinski definition) is 2. The zero-order valence-corrected chi connectivity index (χ0v) is 13.6. The minimum atomic E-state index is -1.05. The van der Waals surface area contributed by atoms with Crippen LogP contribution in [0.5, 0.6) is 0 Å². The van der Waals surface area contributed by atoms with Gasteiger partial charge in [0.25, 0.3) is 0 Å². The zero-order valence-electron chi connectivity index (χ0n) is 13.6. The lowest BCUT2D eigenvalue weighted by molar-refractivity contribution is 0.0697. The highest BCUT2D eigenvalue weighted by atomic mass is 19.1. The molecule has 24 heavy (non-hydrogen) atoms. The van der Waals surface area contributed by atoms with Crippen LogP contribution in [0.1, 0.15) is 15.9 Å². The van der Waals surface area contributed by atoms with E-state index in [1.165, 1.54) is 12.1 Å². The first-order valence-corrected chi connectivity index (χ1v) is 7.75. The lowest BCUT2D eigenvalue weighted by Crippen LogP contribution is -2.17. The zero-order chi connectivity index (χ0) is 17.3. The van der Waals surface area contributed by atoms with Crippen LogP contribution < -0.4 is 0 Å². The van der Waals surface area contributed by atoms with Gasteiger partial charge in [-0.3, -0.25) is 0 Å². The minimum absolute atomic E-state index is 0.124. The van der Waals surface area contributed by atoms with Gasteiger partial charge in [-0.05, 0) is 55.9 Å². The molecule has 0 saturated heterocycles. The number of halogens is 1. The number of H-pyrrole nitrogens is 1. The summed E-state index contributed by atoms with van der Waals surface area (Å²) in [6.07, 6.45) is 2.24. The van der Waals surface area contributed by atoms with Crippen molar-refractivity contribution in [2.75, 3.05) is 20.6 Å². The van der Waals surface area contributed by atoms with Crippen LogP contribution in [0.3, 0.4) is 0 Å². The van der Waals surface area contributed by atoms with E-state index in [-0.39, 0.29) is 11.4 Å². The Kier molecular flexibility index (Phi) is 4.36. The summed E-state index contributed by atoms with van der Waals surface area (Å²) in [6, 6.07) is 10.1. The second-order valence-corrected chi connectivity index (χ2v) is 6.05. The number of rotatable bonds is 5. The molecule has 124 valence electrons. The van der Waals surface area contributed by atoms with Crippen LogP contribution in [0.15, 0.2) is 42.6 Å². The van der Waals surface area contributed by atoms with Crippen molar-refractivity contribution in [1.82, 2.24) is 9.88 Å². The Bertz CT molecular complexity index is 900. The summed E-state index contributed by atoms with van der Waals surface area (Å²) in [6.45, 7) is 0.635. The van der Waals surface area contributed by atoms with Gasteiger partial charge in [-0.2, -0.15) is 0 Å². The number of likely N-dealkylation sites (N-methyl/N-ethyl adjacent to an activating group) is 1. The highest BCUT2D eigenvalue weighted by Crippen LogP contribution is 2.35. The standard InChI is InChI=1S/C19H19FN2O2/c1-22(2)11-9-14-16(20)7-6-15(19(23)24)18(14)13-4-3-5-17-12(13)8-10-21-17/h3-8,10,21H,9,11H2,1-2H3,(H,23,24). The Morgan fingerprint density at radius 3 is 2.71 bits per heavy atom. The summed E-state index contributed by atoms with van der Waals surface area (Å²) in [5, 5.41) is 10.5. The lowest BCUT2D eigenvalue weighted by Gasteiger charge is -2.17. The molecule has 0 radical (unpaired) electrons. The van der Waals surface area contributed by atoms with Crippen LogP contribution in [0.4, 0.5) is 4.39 Å². The molecule has 0 fully saturated rings. The average Bonchev–Trinajstić information content (AvgIpc) is 3.01. The quantitative estimate of drug-likeness (QED) is 0.750. The molecule has 1 heterocycles. The van der Waals surface area contributed by atoms with Crippen LogP contribution >= 0.6 is 0 Å². The molecule has 0 amide bonds. The van der Waals surface area contributed by atoms with E-state index in [1.54, 1.807) is 6.20 Å². The molecule has 0 aliphatic heterocycles. The number of carbonyl (C=O) groups is 1. The summed E-state index contributed by atoms with van der Waals surface area (Å²) in [5.41, 5.74) is 2.66. The summed E-state index contributed by atoms with van der Waals surface area (Å²) < 4.78 is 14.5. The molecule has 0 bridgehead atoms. The summed E-state index contributed by atoms with van der Waals surface area (Å²) in [7, 11) is 3.82. The van der Waals surface area contributed by atoms with E-state index in [0.717, 1.165) is 16.5 Å².